The molecule has 3 aromatic rings. The number of hydrogen-bond acceptors (Lipinski definition) is 4. The fourth-order valence-electron chi connectivity index (χ4n) is 2.79. The molecule has 0 saturated carbocycles. The predicted octanol–water partition coefficient (Wildman–Crippen LogP) is 5.40. The summed E-state index contributed by atoms with van der Waals surface area (Å²) >= 11 is 1.27. The van der Waals surface area contributed by atoms with Crippen LogP contribution in [0.2, 0.25) is 0 Å². The zero-order valence-corrected chi connectivity index (χ0v) is 15.7. The lowest BCUT2D eigenvalue weighted by Gasteiger charge is -2.13. The number of ether oxygens (including phenoxy) is 2. The van der Waals surface area contributed by atoms with Crippen LogP contribution in [0.3, 0.4) is 0 Å². The standard InChI is InChI=1S/C20H20FNO3S/c1-4-24-13-9-10-16(25-5-2)15(11-13)22-20(23)19-12(3)18-14(21)7-6-8-17(18)26-19/h6-11H,4-5H2,1-3H3,(H,22,23). The van der Waals surface area contributed by atoms with Crippen molar-refractivity contribution in [3.63, 3.8) is 0 Å². The van der Waals surface area contributed by atoms with E-state index in [4.69, 9.17) is 9.47 Å². The topological polar surface area (TPSA) is 47.6 Å². The zero-order valence-electron chi connectivity index (χ0n) is 14.9. The lowest BCUT2D eigenvalue weighted by Crippen LogP contribution is -2.13. The SMILES string of the molecule is CCOc1ccc(OCC)c(NC(=O)c2sc3cccc(F)c3c2C)c1. The van der Waals surface area contributed by atoms with E-state index in [2.05, 4.69) is 5.32 Å². The van der Waals surface area contributed by atoms with E-state index in [1.54, 1.807) is 31.2 Å². The van der Waals surface area contributed by atoms with Gasteiger partial charge in [-0.05, 0) is 50.6 Å². The Morgan fingerprint density at radius 3 is 2.62 bits per heavy atom. The first-order chi connectivity index (χ1) is 12.5. The molecule has 136 valence electrons. The Morgan fingerprint density at radius 2 is 1.92 bits per heavy atom. The van der Waals surface area contributed by atoms with Gasteiger partial charge in [-0.1, -0.05) is 6.07 Å². The number of carbonyl (C=O) groups excluding carboxylic acids is 1. The van der Waals surface area contributed by atoms with Gasteiger partial charge in [-0.3, -0.25) is 4.79 Å². The molecule has 0 saturated heterocycles. The predicted molar refractivity (Wildman–Crippen MR) is 103 cm³/mol. The Kier molecular flexibility index (Phi) is 5.42. The number of benzene rings is 2. The molecule has 0 radical (unpaired) electrons. The summed E-state index contributed by atoms with van der Waals surface area (Å²) < 4.78 is 25.9. The third-order valence-corrected chi connectivity index (χ3v) is 5.18. The fourth-order valence-corrected chi connectivity index (χ4v) is 3.91. The summed E-state index contributed by atoms with van der Waals surface area (Å²) in [6, 6.07) is 10.2. The van der Waals surface area contributed by atoms with Crippen LogP contribution in [0.1, 0.15) is 29.1 Å². The molecule has 0 atom stereocenters. The highest BCUT2D eigenvalue weighted by atomic mass is 32.1. The van der Waals surface area contributed by atoms with Crippen LogP contribution in [0.15, 0.2) is 36.4 Å². The van der Waals surface area contributed by atoms with Gasteiger partial charge in [0.1, 0.15) is 17.3 Å². The van der Waals surface area contributed by atoms with Crippen molar-refractivity contribution in [1.82, 2.24) is 0 Å². The average molecular weight is 373 g/mol. The number of fused-ring (bicyclic) bond motifs is 1. The molecule has 4 nitrogen and oxygen atoms in total. The molecule has 6 heteroatoms. The molecule has 1 N–H and O–H groups in total. The molecule has 2 aromatic carbocycles. The van der Waals surface area contributed by atoms with Gasteiger partial charge >= 0.3 is 0 Å². The molecule has 0 aliphatic rings. The molecule has 1 aromatic heterocycles. The molecule has 0 bridgehead atoms. The van der Waals surface area contributed by atoms with Crippen LogP contribution < -0.4 is 14.8 Å². The number of hydrogen-bond donors (Lipinski definition) is 1. The van der Waals surface area contributed by atoms with E-state index in [-0.39, 0.29) is 11.7 Å². The van der Waals surface area contributed by atoms with Gasteiger partial charge < -0.3 is 14.8 Å². The molecule has 1 amide bonds. The van der Waals surface area contributed by atoms with Crippen LogP contribution in [0.25, 0.3) is 10.1 Å². The quantitative estimate of drug-likeness (QED) is 0.629. The Bertz CT molecular complexity index is 952. The van der Waals surface area contributed by atoms with Gasteiger partial charge in [0.2, 0.25) is 0 Å². The summed E-state index contributed by atoms with van der Waals surface area (Å²) in [5.41, 5.74) is 1.17. The highest BCUT2D eigenvalue weighted by molar-refractivity contribution is 7.21. The number of thiophene rings is 1. The van der Waals surface area contributed by atoms with Crippen LogP contribution in [0, 0.1) is 12.7 Å². The summed E-state index contributed by atoms with van der Waals surface area (Å²) in [7, 11) is 0. The highest BCUT2D eigenvalue weighted by Crippen LogP contribution is 2.35. The van der Waals surface area contributed by atoms with E-state index in [0.29, 0.717) is 46.2 Å². The number of carbonyl (C=O) groups is 1. The van der Waals surface area contributed by atoms with Gasteiger partial charge in [0.25, 0.3) is 5.91 Å². The van der Waals surface area contributed by atoms with E-state index >= 15 is 0 Å². The van der Waals surface area contributed by atoms with Crippen LogP contribution in [-0.4, -0.2) is 19.1 Å². The number of halogens is 1. The molecule has 0 fully saturated rings. The van der Waals surface area contributed by atoms with Gasteiger partial charge in [-0.2, -0.15) is 0 Å². The van der Waals surface area contributed by atoms with Gasteiger partial charge in [-0.15, -0.1) is 11.3 Å². The monoisotopic (exact) mass is 373 g/mol. The third-order valence-electron chi connectivity index (χ3n) is 3.92. The number of nitrogens with one attached hydrogen (secondary N) is 1. The maximum Gasteiger partial charge on any atom is 0.266 e. The van der Waals surface area contributed by atoms with Crippen molar-refractivity contribution >= 4 is 33.0 Å². The van der Waals surface area contributed by atoms with Gasteiger partial charge in [0.15, 0.2) is 0 Å². The average Bonchev–Trinajstić information content (AvgIpc) is 2.96. The summed E-state index contributed by atoms with van der Waals surface area (Å²) in [4.78, 5) is 13.3. The first-order valence-corrected chi connectivity index (χ1v) is 9.25. The van der Waals surface area contributed by atoms with Gasteiger partial charge in [0.05, 0.1) is 23.8 Å². The van der Waals surface area contributed by atoms with Crippen molar-refractivity contribution < 1.29 is 18.7 Å². The van der Waals surface area contributed by atoms with Crippen LogP contribution >= 0.6 is 11.3 Å². The molecule has 1 heterocycles. The summed E-state index contributed by atoms with van der Waals surface area (Å²) in [5.74, 6) is 0.598. The van der Waals surface area contributed by atoms with Crippen molar-refractivity contribution in [1.29, 1.82) is 0 Å². The van der Waals surface area contributed by atoms with Crippen LogP contribution in [0.5, 0.6) is 11.5 Å². The molecular weight excluding hydrogens is 353 g/mol. The van der Waals surface area contributed by atoms with Crippen LogP contribution in [-0.2, 0) is 0 Å². The first-order valence-electron chi connectivity index (χ1n) is 8.43. The number of rotatable bonds is 6. The molecule has 0 aliphatic carbocycles. The Hall–Kier alpha value is -2.60. The van der Waals surface area contributed by atoms with E-state index in [1.165, 1.54) is 17.4 Å². The largest absolute Gasteiger partial charge is 0.494 e. The van der Waals surface area contributed by atoms with Crippen molar-refractivity contribution in [2.75, 3.05) is 18.5 Å². The lowest BCUT2D eigenvalue weighted by atomic mass is 10.1. The minimum Gasteiger partial charge on any atom is -0.494 e. The van der Waals surface area contributed by atoms with E-state index in [1.807, 2.05) is 19.9 Å². The van der Waals surface area contributed by atoms with E-state index in [0.717, 1.165) is 4.70 Å². The summed E-state index contributed by atoms with van der Waals surface area (Å²) in [6.07, 6.45) is 0. The minimum absolute atomic E-state index is 0.294. The van der Waals surface area contributed by atoms with Gasteiger partial charge in [0, 0.05) is 16.2 Å². The van der Waals surface area contributed by atoms with Crippen LogP contribution in [0.4, 0.5) is 10.1 Å². The molecule has 0 aliphatic heterocycles. The van der Waals surface area contributed by atoms with E-state index in [9.17, 15) is 9.18 Å². The molecule has 0 spiro atoms. The number of aryl methyl sites for hydroxylation is 1. The maximum atomic E-state index is 14.1. The first kappa shape index (κ1) is 18.2. The summed E-state index contributed by atoms with van der Waals surface area (Å²) in [5, 5.41) is 3.37. The Labute approximate surface area is 155 Å². The van der Waals surface area contributed by atoms with Crippen molar-refractivity contribution in [2.24, 2.45) is 0 Å². The molecule has 0 unspecified atom stereocenters. The minimum atomic E-state index is -0.316. The zero-order chi connectivity index (χ0) is 18.7. The number of amides is 1. The van der Waals surface area contributed by atoms with E-state index < -0.39 is 0 Å². The lowest BCUT2D eigenvalue weighted by molar-refractivity contribution is 0.102. The maximum absolute atomic E-state index is 14.1. The molecular formula is C20H20FNO3S. The highest BCUT2D eigenvalue weighted by Gasteiger charge is 2.19. The van der Waals surface area contributed by atoms with Crippen molar-refractivity contribution in [3.8, 4) is 11.5 Å². The van der Waals surface area contributed by atoms with Gasteiger partial charge in [-0.25, -0.2) is 4.39 Å². The normalized spacial score (nSPS) is 10.8. The Morgan fingerprint density at radius 1 is 1.15 bits per heavy atom. The second kappa shape index (κ2) is 7.74. The number of anilines is 1. The second-order valence-electron chi connectivity index (χ2n) is 5.65. The Balaban J connectivity index is 1.96. The second-order valence-corrected chi connectivity index (χ2v) is 6.70. The fraction of sp³-hybridized carbons (Fsp3) is 0.250. The van der Waals surface area contributed by atoms with Crippen molar-refractivity contribution in [2.45, 2.75) is 20.8 Å². The smallest absolute Gasteiger partial charge is 0.266 e. The molecule has 3 rings (SSSR count). The molecule has 26 heavy (non-hydrogen) atoms. The van der Waals surface area contributed by atoms with Crippen molar-refractivity contribution in [3.05, 3.63) is 52.7 Å². The summed E-state index contributed by atoms with van der Waals surface area (Å²) in [6.45, 7) is 6.53. The third kappa shape index (κ3) is 3.51.